The van der Waals surface area contributed by atoms with Gasteiger partial charge in [-0.15, -0.1) is 0 Å². The summed E-state index contributed by atoms with van der Waals surface area (Å²) in [7, 11) is 0. The predicted octanol–water partition coefficient (Wildman–Crippen LogP) is 4.32. The van der Waals surface area contributed by atoms with Crippen molar-refractivity contribution in [3.8, 4) is 5.75 Å². The SMILES string of the molecule is CC(C(O)c1ccc(O)cc1)N1CCC(O)(c2cc(Br)cc(Br)c2)CC1. The molecule has 0 spiro atoms. The largest absolute Gasteiger partial charge is 0.508 e. The molecular formula is C20H23Br2NO3. The fraction of sp³-hybridized carbons (Fsp3) is 0.400. The van der Waals surface area contributed by atoms with Gasteiger partial charge in [-0.1, -0.05) is 44.0 Å². The van der Waals surface area contributed by atoms with E-state index in [0.717, 1.165) is 20.1 Å². The van der Waals surface area contributed by atoms with Gasteiger partial charge in [0.25, 0.3) is 0 Å². The molecule has 2 aromatic carbocycles. The number of likely N-dealkylation sites (tertiary alicyclic amines) is 1. The second kappa shape index (κ2) is 7.98. The Morgan fingerprint density at radius 2 is 1.54 bits per heavy atom. The van der Waals surface area contributed by atoms with Crippen molar-refractivity contribution >= 4 is 31.9 Å². The molecule has 6 heteroatoms. The van der Waals surface area contributed by atoms with Crippen molar-refractivity contribution < 1.29 is 15.3 Å². The van der Waals surface area contributed by atoms with Crippen LogP contribution in [-0.2, 0) is 5.60 Å². The quantitative estimate of drug-likeness (QED) is 0.604. The number of halogens is 2. The summed E-state index contributed by atoms with van der Waals surface area (Å²) in [5.74, 6) is 0.192. The first-order valence-corrected chi connectivity index (χ1v) is 10.3. The van der Waals surface area contributed by atoms with Gasteiger partial charge in [0.1, 0.15) is 5.75 Å². The maximum atomic E-state index is 11.1. The Balaban J connectivity index is 1.68. The molecule has 0 bridgehead atoms. The van der Waals surface area contributed by atoms with Gasteiger partial charge in [0.15, 0.2) is 0 Å². The van der Waals surface area contributed by atoms with Gasteiger partial charge in [0, 0.05) is 28.1 Å². The Kier molecular flexibility index (Phi) is 6.09. The lowest BCUT2D eigenvalue weighted by Gasteiger charge is -2.42. The third-order valence-corrected chi connectivity index (χ3v) is 6.21. The van der Waals surface area contributed by atoms with Crippen LogP contribution >= 0.6 is 31.9 Å². The van der Waals surface area contributed by atoms with Crippen LogP contribution in [0.5, 0.6) is 5.75 Å². The Morgan fingerprint density at radius 1 is 1.00 bits per heavy atom. The molecule has 1 saturated heterocycles. The Hall–Kier alpha value is -0.920. The van der Waals surface area contributed by atoms with Gasteiger partial charge in [-0.2, -0.15) is 0 Å². The third kappa shape index (κ3) is 4.31. The molecule has 0 saturated carbocycles. The maximum Gasteiger partial charge on any atom is 0.115 e. The highest BCUT2D eigenvalue weighted by Crippen LogP contribution is 2.37. The number of rotatable bonds is 4. The van der Waals surface area contributed by atoms with E-state index in [1.54, 1.807) is 24.3 Å². The molecule has 1 heterocycles. The number of nitrogens with zero attached hydrogens (tertiary/aromatic N) is 1. The predicted molar refractivity (Wildman–Crippen MR) is 109 cm³/mol. The van der Waals surface area contributed by atoms with Crippen LogP contribution < -0.4 is 0 Å². The van der Waals surface area contributed by atoms with Gasteiger partial charge >= 0.3 is 0 Å². The first-order chi connectivity index (χ1) is 12.3. The van der Waals surface area contributed by atoms with Gasteiger partial charge < -0.3 is 15.3 Å². The van der Waals surface area contributed by atoms with Gasteiger partial charge in [-0.25, -0.2) is 0 Å². The van der Waals surface area contributed by atoms with Gasteiger partial charge in [-0.3, -0.25) is 4.90 Å². The minimum Gasteiger partial charge on any atom is -0.508 e. The smallest absolute Gasteiger partial charge is 0.115 e. The zero-order chi connectivity index (χ0) is 18.9. The second-order valence-electron chi connectivity index (χ2n) is 7.00. The van der Waals surface area contributed by atoms with Crippen molar-refractivity contribution in [1.29, 1.82) is 0 Å². The third-order valence-electron chi connectivity index (χ3n) is 5.29. The van der Waals surface area contributed by atoms with Crippen molar-refractivity contribution in [3.63, 3.8) is 0 Å². The van der Waals surface area contributed by atoms with Gasteiger partial charge in [0.2, 0.25) is 0 Å². The minimum atomic E-state index is -0.855. The Morgan fingerprint density at radius 3 is 2.08 bits per heavy atom. The minimum absolute atomic E-state index is 0.0710. The van der Waals surface area contributed by atoms with Gasteiger partial charge in [-0.05, 0) is 61.2 Å². The van der Waals surface area contributed by atoms with Crippen LogP contribution in [0, 0.1) is 0 Å². The molecule has 3 rings (SSSR count). The van der Waals surface area contributed by atoms with Crippen LogP contribution in [-0.4, -0.2) is 39.4 Å². The molecule has 26 heavy (non-hydrogen) atoms. The summed E-state index contributed by atoms with van der Waals surface area (Å²) < 4.78 is 1.88. The molecule has 0 aliphatic carbocycles. The molecule has 1 fully saturated rings. The second-order valence-corrected chi connectivity index (χ2v) is 8.83. The average Bonchev–Trinajstić information content (AvgIpc) is 2.61. The van der Waals surface area contributed by atoms with E-state index in [2.05, 4.69) is 36.8 Å². The summed E-state index contributed by atoms with van der Waals surface area (Å²) >= 11 is 6.97. The first-order valence-electron chi connectivity index (χ1n) is 8.68. The summed E-state index contributed by atoms with van der Waals surface area (Å²) in [6.45, 7) is 3.41. The Labute approximate surface area is 170 Å². The molecule has 1 aliphatic rings. The molecule has 0 aromatic heterocycles. The molecule has 4 nitrogen and oxygen atoms in total. The number of phenols is 1. The summed E-state index contributed by atoms with van der Waals surface area (Å²) in [4.78, 5) is 2.21. The number of phenolic OH excluding ortho intramolecular Hbond substituents is 1. The van der Waals surface area contributed by atoms with Crippen LogP contribution in [0.3, 0.4) is 0 Å². The lowest BCUT2D eigenvalue weighted by atomic mass is 9.83. The highest BCUT2D eigenvalue weighted by Gasteiger charge is 2.37. The zero-order valence-electron chi connectivity index (χ0n) is 14.6. The van der Waals surface area contributed by atoms with E-state index >= 15 is 0 Å². The van der Waals surface area contributed by atoms with Crippen LogP contribution in [0.15, 0.2) is 51.4 Å². The molecule has 2 atom stereocenters. The van der Waals surface area contributed by atoms with E-state index in [1.807, 2.05) is 25.1 Å². The number of aromatic hydroxyl groups is 1. The summed E-state index contributed by atoms with van der Waals surface area (Å²) in [5, 5.41) is 31.2. The van der Waals surface area contributed by atoms with Gasteiger partial charge in [0.05, 0.1) is 11.7 Å². The van der Waals surface area contributed by atoms with Crippen LogP contribution in [0.2, 0.25) is 0 Å². The normalized spacial score (nSPS) is 19.9. The standard InChI is InChI=1S/C20H23Br2NO3/c1-13(19(25)14-2-4-18(24)5-3-14)23-8-6-20(26,7-9-23)15-10-16(21)12-17(22)11-15/h2-5,10-13,19,24-26H,6-9H2,1H3. The molecule has 140 valence electrons. The maximum absolute atomic E-state index is 11.1. The number of aliphatic hydroxyl groups excluding tert-OH is 1. The van der Waals surface area contributed by atoms with E-state index in [1.165, 1.54) is 0 Å². The number of aliphatic hydroxyl groups is 2. The lowest BCUT2D eigenvalue weighted by molar-refractivity contribution is -0.0502. The fourth-order valence-electron chi connectivity index (χ4n) is 3.56. The summed E-state index contributed by atoms with van der Waals surface area (Å²) in [6.07, 6.45) is 0.590. The molecule has 0 radical (unpaired) electrons. The molecule has 2 aromatic rings. The number of hydrogen-bond acceptors (Lipinski definition) is 4. The number of piperidine rings is 1. The lowest BCUT2D eigenvalue weighted by Crippen LogP contribution is -2.47. The highest BCUT2D eigenvalue weighted by molar-refractivity contribution is 9.11. The zero-order valence-corrected chi connectivity index (χ0v) is 17.7. The van der Waals surface area contributed by atoms with E-state index in [9.17, 15) is 15.3 Å². The van der Waals surface area contributed by atoms with Crippen molar-refractivity contribution in [3.05, 3.63) is 62.5 Å². The molecular weight excluding hydrogens is 462 g/mol. The van der Waals surface area contributed by atoms with Crippen molar-refractivity contribution in [2.45, 2.75) is 37.5 Å². The Bertz CT molecular complexity index is 738. The fourth-order valence-corrected chi connectivity index (χ4v) is 4.86. The van der Waals surface area contributed by atoms with Crippen LogP contribution in [0.25, 0.3) is 0 Å². The number of benzene rings is 2. The topological polar surface area (TPSA) is 63.9 Å². The molecule has 0 amide bonds. The van der Waals surface area contributed by atoms with Crippen molar-refractivity contribution in [2.24, 2.45) is 0 Å². The molecule has 3 N–H and O–H groups in total. The van der Waals surface area contributed by atoms with Crippen molar-refractivity contribution in [1.82, 2.24) is 4.90 Å². The molecule has 1 aliphatic heterocycles. The molecule has 2 unspecified atom stereocenters. The van der Waals surface area contributed by atoms with E-state index < -0.39 is 11.7 Å². The van der Waals surface area contributed by atoms with E-state index in [0.29, 0.717) is 25.9 Å². The van der Waals surface area contributed by atoms with Crippen LogP contribution in [0.1, 0.15) is 37.0 Å². The summed E-state index contributed by atoms with van der Waals surface area (Å²) in [6, 6.07) is 12.5. The van der Waals surface area contributed by atoms with E-state index in [4.69, 9.17) is 0 Å². The average molecular weight is 485 g/mol. The highest BCUT2D eigenvalue weighted by atomic mass is 79.9. The monoisotopic (exact) mass is 483 g/mol. The number of hydrogen-bond donors (Lipinski definition) is 3. The summed E-state index contributed by atoms with van der Waals surface area (Å²) in [5.41, 5.74) is 0.837. The van der Waals surface area contributed by atoms with E-state index in [-0.39, 0.29) is 11.8 Å². The first kappa shape index (κ1) is 19.8. The van der Waals surface area contributed by atoms with Crippen LogP contribution in [0.4, 0.5) is 0 Å². The van der Waals surface area contributed by atoms with Crippen molar-refractivity contribution in [2.75, 3.05) is 13.1 Å².